The molecule has 0 aliphatic heterocycles. The van der Waals surface area contributed by atoms with E-state index in [1.54, 1.807) is 6.07 Å². The highest BCUT2D eigenvalue weighted by atomic mass is 16.5. The Labute approximate surface area is 87.9 Å². The molecule has 15 heavy (non-hydrogen) atoms. The van der Waals surface area contributed by atoms with Crippen molar-refractivity contribution in [3.8, 4) is 5.75 Å². The van der Waals surface area contributed by atoms with Crippen LogP contribution in [-0.2, 0) is 6.42 Å². The molecule has 1 aliphatic rings. The third-order valence-corrected chi connectivity index (χ3v) is 2.37. The van der Waals surface area contributed by atoms with Crippen LogP contribution in [-0.4, -0.2) is 22.2 Å². The van der Waals surface area contributed by atoms with Crippen LogP contribution < -0.4 is 4.74 Å². The summed E-state index contributed by atoms with van der Waals surface area (Å²) in [5.41, 5.74) is 0.990. The van der Waals surface area contributed by atoms with Crippen LogP contribution in [0.25, 0.3) is 0 Å². The van der Waals surface area contributed by atoms with Crippen molar-refractivity contribution in [1.82, 2.24) is 4.98 Å². The van der Waals surface area contributed by atoms with Gasteiger partial charge in [0.15, 0.2) is 0 Å². The van der Waals surface area contributed by atoms with E-state index in [2.05, 4.69) is 4.98 Å². The van der Waals surface area contributed by atoms with Crippen molar-refractivity contribution >= 4 is 5.97 Å². The Hall–Kier alpha value is -1.58. The van der Waals surface area contributed by atoms with E-state index in [0.717, 1.165) is 30.6 Å². The minimum absolute atomic E-state index is 0.0787. The molecule has 2 rings (SSSR count). The van der Waals surface area contributed by atoms with Crippen molar-refractivity contribution in [2.45, 2.75) is 32.3 Å². The van der Waals surface area contributed by atoms with Gasteiger partial charge in [-0.1, -0.05) is 6.92 Å². The largest absolute Gasteiger partial charge is 0.489 e. The van der Waals surface area contributed by atoms with E-state index < -0.39 is 5.97 Å². The lowest BCUT2D eigenvalue weighted by Gasteiger charge is -2.09. The SMILES string of the molecule is CCc1cc(C(=O)O)ncc1OC1CC1. The molecule has 0 aromatic carbocycles. The van der Waals surface area contributed by atoms with Gasteiger partial charge in [-0.2, -0.15) is 0 Å². The van der Waals surface area contributed by atoms with Crippen LogP contribution in [0.1, 0.15) is 35.8 Å². The van der Waals surface area contributed by atoms with Crippen molar-refractivity contribution in [1.29, 1.82) is 0 Å². The highest BCUT2D eigenvalue weighted by molar-refractivity contribution is 5.85. The lowest BCUT2D eigenvalue weighted by Crippen LogP contribution is -2.05. The Balaban J connectivity index is 2.25. The van der Waals surface area contributed by atoms with Gasteiger partial charge in [0, 0.05) is 0 Å². The summed E-state index contributed by atoms with van der Waals surface area (Å²) in [6.07, 6.45) is 4.76. The van der Waals surface area contributed by atoms with Crippen molar-refractivity contribution in [3.05, 3.63) is 23.5 Å². The molecule has 0 saturated heterocycles. The fraction of sp³-hybridized carbons (Fsp3) is 0.455. The summed E-state index contributed by atoms with van der Waals surface area (Å²) < 4.78 is 5.63. The zero-order valence-electron chi connectivity index (χ0n) is 8.56. The fourth-order valence-electron chi connectivity index (χ4n) is 1.35. The predicted molar refractivity (Wildman–Crippen MR) is 54.2 cm³/mol. The van der Waals surface area contributed by atoms with E-state index in [-0.39, 0.29) is 5.69 Å². The first kappa shape index (κ1) is 9.96. The third-order valence-electron chi connectivity index (χ3n) is 2.37. The van der Waals surface area contributed by atoms with Crippen LogP contribution in [0, 0.1) is 0 Å². The number of nitrogens with zero attached hydrogens (tertiary/aromatic N) is 1. The van der Waals surface area contributed by atoms with Crippen LogP contribution in [0.5, 0.6) is 5.75 Å². The summed E-state index contributed by atoms with van der Waals surface area (Å²) in [6.45, 7) is 1.97. The number of carboxylic acids is 1. The highest BCUT2D eigenvalue weighted by Gasteiger charge is 2.24. The number of pyridine rings is 1. The van der Waals surface area contributed by atoms with Crippen LogP contribution in [0.2, 0.25) is 0 Å². The number of aryl methyl sites for hydroxylation is 1. The van der Waals surface area contributed by atoms with Gasteiger partial charge in [-0.05, 0) is 30.9 Å². The molecule has 4 nitrogen and oxygen atoms in total. The zero-order valence-corrected chi connectivity index (χ0v) is 8.56. The second-order valence-corrected chi connectivity index (χ2v) is 3.65. The first-order chi connectivity index (χ1) is 7.20. The summed E-state index contributed by atoms with van der Waals surface area (Å²) in [7, 11) is 0. The van der Waals surface area contributed by atoms with Gasteiger partial charge in [-0.25, -0.2) is 9.78 Å². The van der Waals surface area contributed by atoms with Crippen LogP contribution in [0.4, 0.5) is 0 Å². The maximum Gasteiger partial charge on any atom is 0.354 e. The first-order valence-electron chi connectivity index (χ1n) is 5.09. The Kier molecular flexibility index (Phi) is 2.58. The smallest absolute Gasteiger partial charge is 0.354 e. The summed E-state index contributed by atoms with van der Waals surface area (Å²) in [6, 6.07) is 1.58. The predicted octanol–water partition coefficient (Wildman–Crippen LogP) is 1.88. The molecule has 0 spiro atoms. The third kappa shape index (κ3) is 2.26. The number of hydrogen-bond donors (Lipinski definition) is 1. The average molecular weight is 207 g/mol. The van der Waals surface area contributed by atoms with Crippen LogP contribution >= 0.6 is 0 Å². The standard InChI is InChI=1S/C11H13NO3/c1-2-7-5-9(11(13)14)12-6-10(7)15-8-3-4-8/h5-6,8H,2-4H2,1H3,(H,13,14). The van der Waals surface area contributed by atoms with Gasteiger partial charge in [-0.3, -0.25) is 0 Å². The fourth-order valence-corrected chi connectivity index (χ4v) is 1.35. The van der Waals surface area contributed by atoms with Gasteiger partial charge in [0.1, 0.15) is 11.4 Å². The maximum atomic E-state index is 10.7. The molecule has 0 bridgehead atoms. The molecule has 0 amide bonds. The molecule has 0 unspecified atom stereocenters. The number of carbonyl (C=O) groups is 1. The molecular formula is C11H13NO3. The van der Waals surface area contributed by atoms with Gasteiger partial charge in [0.05, 0.1) is 12.3 Å². The normalized spacial score (nSPS) is 15.0. The Morgan fingerprint density at radius 3 is 2.93 bits per heavy atom. The van der Waals surface area contributed by atoms with E-state index in [1.807, 2.05) is 6.92 Å². The van der Waals surface area contributed by atoms with Gasteiger partial charge in [-0.15, -0.1) is 0 Å². The first-order valence-corrected chi connectivity index (χ1v) is 5.09. The molecule has 1 aromatic rings. The lowest BCUT2D eigenvalue weighted by molar-refractivity contribution is 0.0690. The zero-order chi connectivity index (χ0) is 10.8. The van der Waals surface area contributed by atoms with Gasteiger partial charge < -0.3 is 9.84 Å². The van der Waals surface area contributed by atoms with Crippen LogP contribution in [0.15, 0.2) is 12.3 Å². The van der Waals surface area contributed by atoms with E-state index in [0.29, 0.717) is 6.10 Å². The molecule has 1 heterocycles. The van der Waals surface area contributed by atoms with Gasteiger partial charge in [0.25, 0.3) is 0 Å². The highest BCUT2D eigenvalue weighted by Crippen LogP contribution is 2.29. The van der Waals surface area contributed by atoms with Gasteiger partial charge >= 0.3 is 5.97 Å². The average Bonchev–Trinajstić information content (AvgIpc) is 3.02. The molecule has 1 aromatic heterocycles. The van der Waals surface area contributed by atoms with E-state index >= 15 is 0 Å². The number of hydrogen-bond acceptors (Lipinski definition) is 3. The number of carboxylic acid groups (broad SMARTS) is 1. The number of aromatic nitrogens is 1. The Morgan fingerprint density at radius 2 is 2.40 bits per heavy atom. The molecule has 0 radical (unpaired) electrons. The van der Waals surface area contributed by atoms with Gasteiger partial charge in [0.2, 0.25) is 0 Å². The molecular weight excluding hydrogens is 194 g/mol. The van der Waals surface area contributed by atoms with Crippen LogP contribution in [0.3, 0.4) is 0 Å². The molecule has 4 heteroatoms. The summed E-state index contributed by atoms with van der Waals surface area (Å²) in [5, 5.41) is 8.79. The lowest BCUT2D eigenvalue weighted by atomic mass is 10.1. The van der Waals surface area contributed by atoms with E-state index in [4.69, 9.17) is 9.84 Å². The monoisotopic (exact) mass is 207 g/mol. The maximum absolute atomic E-state index is 10.7. The minimum Gasteiger partial charge on any atom is -0.489 e. The topological polar surface area (TPSA) is 59.4 Å². The minimum atomic E-state index is -0.998. The Bertz CT molecular complexity index is 385. The van der Waals surface area contributed by atoms with Crippen molar-refractivity contribution in [3.63, 3.8) is 0 Å². The molecule has 0 atom stereocenters. The summed E-state index contributed by atoms with van der Waals surface area (Å²) in [5.74, 6) is -0.271. The van der Waals surface area contributed by atoms with Crippen molar-refractivity contribution < 1.29 is 14.6 Å². The molecule has 1 N–H and O–H groups in total. The van der Waals surface area contributed by atoms with E-state index in [1.165, 1.54) is 6.20 Å². The summed E-state index contributed by atoms with van der Waals surface area (Å²) >= 11 is 0. The molecule has 1 fully saturated rings. The summed E-state index contributed by atoms with van der Waals surface area (Å²) in [4.78, 5) is 14.6. The Morgan fingerprint density at radius 1 is 1.67 bits per heavy atom. The molecule has 1 aliphatic carbocycles. The molecule has 80 valence electrons. The number of aromatic carboxylic acids is 1. The van der Waals surface area contributed by atoms with Crippen molar-refractivity contribution in [2.24, 2.45) is 0 Å². The molecule has 1 saturated carbocycles. The second-order valence-electron chi connectivity index (χ2n) is 3.65. The number of ether oxygens (including phenoxy) is 1. The second kappa shape index (κ2) is 3.88. The van der Waals surface area contributed by atoms with Crippen molar-refractivity contribution in [2.75, 3.05) is 0 Å². The quantitative estimate of drug-likeness (QED) is 0.818. The number of rotatable bonds is 4. The van der Waals surface area contributed by atoms with E-state index in [9.17, 15) is 4.79 Å².